The van der Waals surface area contributed by atoms with E-state index < -0.39 is 0 Å². The van der Waals surface area contributed by atoms with Crippen LogP contribution in [0, 0.1) is 23.7 Å². The van der Waals surface area contributed by atoms with E-state index in [1.165, 1.54) is 25.7 Å². The van der Waals surface area contributed by atoms with E-state index in [1.54, 1.807) is 0 Å². The fourth-order valence-electron chi connectivity index (χ4n) is 4.38. The Kier molecular flexibility index (Phi) is 2.89. The van der Waals surface area contributed by atoms with Crippen molar-refractivity contribution in [3.05, 3.63) is 0 Å². The topological polar surface area (TPSA) is 46.3 Å². The summed E-state index contributed by atoms with van der Waals surface area (Å²) in [6.45, 7) is 3.82. The molecule has 3 nitrogen and oxygen atoms in total. The maximum atomic E-state index is 12.6. The van der Waals surface area contributed by atoms with Crippen molar-refractivity contribution < 1.29 is 4.79 Å². The van der Waals surface area contributed by atoms with E-state index in [4.69, 9.17) is 5.73 Å². The van der Waals surface area contributed by atoms with Gasteiger partial charge in [0.15, 0.2) is 0 Å². The largest absolute Gasteiger partial charge is 0.339 e. The fourth-order valence-corrected chi connectivity index (χ4v) is 4.38. The molecule has 0 aromatic carbocycles. The van der Waals surface area contributed by atoms with Crippen LogP contribution in [-0.4, -0.2) is 29.9 Å². The van der Waals surface area contributed by atoms with Gasteiger partial charge in [-0.1, -0.05) is 6.42 Å². The molecule has 0 aromatic rings. The second-order valence-corrected chi connectivity index (χ2v) is 6.46. The first-order valence-corrected chi connectivity index (χ1v) is 7.19. The van der Waals surface area contributed by atoms with E-state index in [0.717, 1.165) is 25.4 Å². The van der Waals surface area contributed by atoms with Crippen LogP contribution in [0.5, 0.6) is 0 Å². The van der Waals surface area contributed by atoms with Crippen molar-refractivity contribution in [2.45, 2.75) is 45.1 Å². The Balaban J connectivity index is 1.66. The van der Waals surface area contributed by atoms with Gasteiger partial charge >= 0.3 is 0 Å². The van der Waals surface area contributed by atoms with Crippen molar-refractivity contribution in [2.24, 2.45) is 29.4 Å². The third-order valence-electron chi connectivity index (χ3n) is 5.33. The van der Waals surface area contributed by atoms with E-state index in [2.05, 4.69) is 11.8 Å². The molecule has 0 spiro atoms. The Morgan fingerprint density at radius 3 is 2.65 bits per heavy atom. The summed E-state index contributed by atoms with van der Waals surface area (Å²) in [5.41, 5.74) is 5.73. The zero-order chi connectivity index (χ0) is 12.0. The molecular formula is C14H24N2O. The minimum atomic E-state index is 0.354. The number of amides is 1. The predicted molar refractivity (Wildman–Crippen MR) is 67.3 cm³/mol. The average molecular weight is 236 g/mol. The van der Waals surface area contributed by atoms with E-state index in [1.807, 2.05) is 0 Å². The molecule has 17 heavy (non-hydrogen) atoms. The lowest BCUT2D eigenvalue weighted by Crippen LogP contribution is -2.40. The standard InChI is InChI=1S/C14H24N2O/c1-9-4-11(7-15)8-16(9)14(17)13-6-10-2-3-12(13)5-10/h9-13H,2-8,15H2,1H3. The second kappa shape index (κ2) is 4.27. The van der Waals surface area contributed by atoms with Gasteiger partial charge in [0.05, 0.1) is 0 Å². The van der Waals surface area contributed by atoms with Gasteiger partial charge in [-0.25, -0.2) is 0 Å². The maximum Gasteiger partial charge on any atom is 0.226 e. The van der Waals surface area contributed by atoms with Crippen LogP contribution < -0.4 is 5.73 Å². The molecule has 1 saturated heterocycles. The highest BCUT2D eigenvalue weighted by Gasteiger charge is 2.46. The molecule has 1 heterocycles. The fraction of sp³-hybridized carbons (Fsp3) is 0.929. The normalized spacial score (nSPS) is 44.6. The van der Waals surface area contributed by atoms with Gasteiger partial charge in [0.2, 0.25) is 5.91 Å². The summed E-state index contributed by atoms with van der Waals surface area (Å²) in [7, 11) is 0. The highest BCUT2D eigenvalue weighted by Crippen LogP contribution is 2.49. The van der Waals surface area contributed by atoms with Crippen LogP contribution in [-0.2, 0) is 4.79 Å². The van der Waals surface area contributed by atoms with Gasteiger partial charge in [-0.05, 0) is 56.9 Å². The summed E-state index contributed by atoms with van der Waals surface area (Å²) >= 11 is 0. The highest BCUT2D eigenvalue weighted by molar-refractivity contribution is 5.80. The summed E-state index contributed by atoms with van der Waals surface area (Å²) in [5, 5.41) is 0. The number of fused-ring (bicyclic) bond motifs is 2. The number of nitrogens with zero attached hydrogens (tertiary/aromatic N) is 1. The van der Waals surface area contributed by atoms with Crippen molar-refractivity contribution in [1.29, 1.82) is 0 Å². The number of hydrogen-bond donors (Lipinski definition) is 1. The lowest BCUT2D eigenvalue weighted by atomic mass is 9.87. The van der Waals surface area contributed by atoms with Crippen LogP contribution in [0.3, 0.4) is 0 Å². The number of hydrogen-bond acceptors (Lipinski definition) is 2. The van der Waals surface area contributed by atoms with Crippen molar-refractivity contribution >= 4 is 5.91 Å². The third kappa shape index (κ3) is 1.88. The first kappa shape index (κ1) is 11.5. The van der Waals surface area contributed by atoms with Gasteiger partial charge in [0.25, 0.3) is 0 Å². The number of likely N-dealkylation sites (tertiary alicyclic amines) is 1. The van der Waals surface area contributed by atoms with Gasteiger partial charge in [-0.2, -0.15) is 0 Å². The minimum absolute atomic E-state index is 0.354. The number of carbonyl (C=O) groups is 1. The minimum Gasteiger partial charge on any atom is -0.339 e. The lowest BCUT2D eigenvalue weighted by molar-refractivity contribution is -0.137. The van der Waals surface area contributed by atoms with Crippen molar-refractivity contribution in [2.75, 3.05) is 13.1 Å². The third-order valence-corrected chi connectivity index (χ3v) is 5.33. The molecule has 96 valence electrons. The van der Waals surface area contributed by atoms with Crippen LogP contribution in [0.4, 0.5) is 0 Å². The summed E-state index contributed by atoms with van der Waals surface area (Å²) < 4.78 is 0. The Labute approximate surface area is 104 Å². The zero-order valence-corrected chi connectivity index (χ0v) is 10.8. The summed E-state index contributed by atoms with van der Waals surface area (Å²) in [6.07, 6.45) is 6.25. The first-order chi connectivity index (χ1) is 8.19. The molecule has 5 unspecified atom stereocenters. The van der Waals surface area contributed by atoms with Gasteiger partial charge in [-0.3, -0.25) is 4.79 Å². The second-order valence-electron chi connectivity index (χ2n) is 6.46. The molecule has 0 aromatic heterocycles. The molecule has 3 rings (SSSR count). The summed E-state index contributed by atoms with van der Waals surface area (Å²) in [5.74, 6) is 2.90. The molecule has 3 aliphatic rings. The van der Waals surface area contributed by atoms with Crippen LogP contribution in [0.2, 0.25) is 0 Å². The van der Waals surface area contributed by atoms with Gasteiger partial charge < -0.3 is 10.6 Å². The lowest BCUT2D eigenvalue weighted by Gasteiger charge is -2.29. The molecular weight excluding hydrogens is 212 g/mol. The quantitative estimate of drug-likeness (QED) is 0.792. The molecule has 0 radical (unpaired) electrons. The van der Waals surface area contributed by atoms with Crippen molar-refractivity contribution in [3.63, 3.8) is 0 Å². The van der Waals surface area contributed by atoms with Crippen molar-refractivity contribution in [1.82, 2.24) is 4.90 Å². The molecule has 1 amide bonds. The number of nitrogens with two attached hydrogens (primary N) is 1. The van der Waals surface area contributed by atoms with Crippen molar-refractivity contribution in [3.8, 4) is 0 Å². The first-order valence-electron chi connectivity index (χ1n) is 7.19. The van der Waals surface area contributed by atoms with Crippen LogP contribution in [0.25, 0.3) is 0 Å². The monoisotopic (exact) mass is 236 g/mol. The summed E-state index contributed by atoms with van der Waals surface area (Å²) in [6, 6.07) is 0.412. The Hall–Kier alpha value is -0.570. The van der Waals surface area contributed by atoms with Crippen LogP contribution >= 0.6 is 0 Å². The van der Waals surface area contributed by atoms with Gasteiger partial charge in [-0.15, -0.1) is 0 Å². The zero-order valence-electron chi connectivity index (χ0n) is 10.8. The summed E-state index contributed by atoms with van der Waals surface area (Å²) in [4.78, 5) is 14.7. The van der Waals surface area contributed by atoms with Gasteiger partial charge in [0, 0.05) is 18.5 Å². The van der Waals surface area contributed by atoms with Gasteiger partial charge in [0.1, 0.15) is 0 Å². The molecule has 2 N–H and O–H groups in total. The number of carbonyl (C=O) groups excluding carboxylic acids is 1. The average Bonchev–Trinajstić information content (AvgIpc) is 3.01. The smallest absolute Gasteiger partial charge is 0.226 e. The molecule has 2 saturated carbocycles. The van der Waals surface area contributed by atoms with E-state index in [-0.39, 0.29) is 0 Å². The molecule has 5 atom stereocenters. The Morgan fingerprint density at radius 2 is 2.12 bits per heavy atom. The maximum absolute atomic E-state index is 12.6. The van der Waals surface area contributed by atoms with Crippen LogP contribution in [0.15, 0.2) is 0 Å². The molecule has 3 heteroatoms. The molecule has 3 fully saturated rings. The van der Waals surface area contributed by atoms with Crippen LogP contribution in [0.1, 0.15) is 39.0 Å². The number of rotatable bonds is 2. The highest BCUT2D eigenvalue weighted by atomic mass is 16.2. The molecule has 1 aliphatic heterocycles. The molecule has 2 aliphatic carbocycles. The molecule has 2 bridgehead atoms. The van der Waals surface area contributed by atoms with E-state index >= 15 is 0 Å². The Bertz CT molecular complexity index is 317. The van der Waals surface area contributed by atoms with E-state index in [9.17, 15) is 4.79 Å². The Morgan fingerprint density at radius 1 is 1.29 bits per heavy atom. The van der Waals surface area contributed by atoms with E-state index in [0.29, 0.717) is 29.7 Å². The predicted octanol–water partition coefficient (Wildman–Crippen LogP) is 1.62. The SMILES string of the molecule is CC1CC(CN)CN1C(=O)C1CC2CCC1C2.